The Morgan fingerprint density at radius 3 is 3.13 bits per heavy atom. The highest BCUT2D eigenvalue weighted by atomic mass is 16.5. The van der Waals surface area contributed by atoms with Crippen LogP contribution in [0.3, 0.4) is 0 Å². The molecule has 3 atom stereocenters. The standard InChI is InChI=1S/C11H22N2O2/c1-14-9(7-12)8-13-5-6-15-11-4-2-3-10(11)13/h9-11H,2-8,12H2,1H3. The summed E-state index contributed by atoms with van der Waals surface area (Å²) in [6.45, 7) is 3.45. The molecule has 2 fully saturated rings. The van der Waals surface area contributed by atoms with Crippen LogP contribution in [0.15, 0.2) is 0 Å². The molecule has 1 saturated carbocycles. The smallest absolute Gasteiger partial charge is 0.0820 e. The van der Waals surface area contributed by atoms with E-state index in [1.807, 2.05) is 0 Å². The van der Waals surface area contributed by atoms with E-state index in [4.69, 9.17) is 15.2 Å². The van der Waals surface area contributed by atoms with Crippen molar-refractivity contribution < 1.29 is 9.47 Å². The zero-order valence-electron chi connectivity index (χ0n) is 9.52. The third-order valence-corrected chi connectivity index (χ3v) is 3.63. The molecule has 2 N–H and O–H groups in total. The zero-order valence-corrected chi connectivity index (χ0v) is 9.52. The first-order chi connectivity index (χ1) is 7.35. The summed E-state index contributed by atoms with van der Waals surface area (Å²) in [7, 11) is 1.74. The minimum atomic E-state index is 0.171. The van der Waals surface area contributed by atoms with Gasteiger partial charge in [-0.3, -0.25) is 4.90 Å². The average Bonchev–Trinajstić information content (AvgIpc) is 2.74. The lowest BCUT2D eigenvalue weighted by molar-refractivity contribution is -0.0699. The van der Waals surface area contributed by atoms with Crippen molar-refractivity contribution in [2.24, 2.45) is 5.73 Å². The SMILES string of the molecule is COC(CN)CN1CCOC2CCCC21. The molecule has 1 heterocycles. The Morgan fingerprint density at radius 2 is 2.40 bits per heavy atom. The van der Waals surface area contributed by atoms with E-state index in [1.165, 1.54) is 19.3 Å². The molecule has 0 bridgehead atoms. The van der Waals surface area contributed by atoms with Gasteiger partial charge in [-0.25, -0.2) is 0 Å². The number of hydrogen-bond donors (Lipinski definition) is 1. The fourth-order valence-corrected chi connectivity index (χ4v) is 2.74. The lowest BCUT2D eigenvalue weighted by atomic mass is 10.1. The number of ether oxygens (including phenoxy) is 2. The molecular weight excluding hydrogens is 192 g/mol. The number of nitrogens with zero attached hydrogens (tertiary/aromatic N) is 1. The first-order valence-corrected chi connectivity index (χ1v) is 5.93. The fourth-order valence-electron chi connectivity index (χ4n) is 2.74. The number of morpholine rings is 1. The van der Waals surface area contributed by atoms with Gasteiger partial charge in [0.1, 0.15) is 0 Å². The van der Waals surface area contributed by atoms with Crippen molar-refractivity contribution in [1.29, 1.82) is 0 Å². The summed E-state index contributed by atoms with van der Waals surface area (Å²) >= 11 is 0. The van der Waals surface area contributed by atoms with Crippen molar-refractivity contribution in [3.05, 3.63) is 0 Å². The number of hydrogen-bond acceptors (Lipinski definition) is 4. The van der Waals surface area contributed by atoms with E-state index in [1.54, 1.807) is 7.11 Å². The molecule has 0 aromatic heterocycles. The van der Waals surface area contributed by atoms with Gasteiger partial charge in [-0.2, -0.15) is 0 Å². The van der Waals surface area contributed by atoms with Gasteiger partial charge in [0.25, 0.3) is 0 Å². The van der Waals surface area contributed by atoms with E-state index < -0.39 is 0 Å². The van der Waals surface area contributed by atoms with Crippen LogP contribution in [0.2, 0.25) is 0 Å². The topological polar surface area (TPSA) is 47.7 Å². The van der Waals surface area contributed by atoms with Crippen molar-refractivity contribution in [1.82, 2.24) is 4.90 Å². The Bertz CT molecular complexity index is 197. The highest BCUT2D eigenvalue weighted by Gasteiger charge is 2.36. The molecular formula is C11H22N2O2. The fraction of sp³-hybridized carbons (Fsp3) is 1.00. The van der Waals surface area contributed by atoms with E-state index >= 15 is 0 Å². The van der Waals surface area contributed by atoms with Gasteiger partial charge in [-0.05, 0) is 19.3 Å². The molecule has 2 aliphatic rings. The molecule has 88 valence electrons. The van der Waals surface area contributed by atoms with Gasteiger partial charge in [0.2, 0.25) is 0 Å². The highest BCUT2D eigenvalue weighted by Crippen LogP contribution is 2.29. The van der Waals surface area contributed by atoms with Crippen molar-refractivity contribution in [3.8, 4) is 0 Å². The Labute approximate surface area is 91.7 Å². The predicted molar refractivity (Wildman–Crippen MR) is 58.8 cm³/mol. The number of methoxy groups -OCH3 is 1. The Hall–Kier alpha value is -0.160. The minimum absolute atomic E-state index is 0.171. The summed E-state index contributed by atoms with van der Waals surface area (Å²) in [5.74, 6) is 0. The van der Waals surface area contributed by atoms with E-state index in [0.29, 0.717) is 18.7 Å². The maximum Gasteiger partial charge on any atom is 0.0820 e. The molecule has 3 unspecified atom stereocenters. The van der Waals surface area contributed by atoms with Gasteiger partial charge >= 0.3 is 0 Å². The molecule has 1 aliphatic heterocycles. The van der Waals surface area contributed by atoms with Gasteiger partial charge in [0, 0.05) is 32.8 Å². The Balaban J connectivity index is 1.89. The zero-order chi connectivity index (χ0) is 10.7. The second kappa shape index (κ2) is 5.25. The third kappa shape index (κ3) is 2.50. The summed E-state index contributed by atoms with van der Waals surface area (Å²) in [5.41, 5.74) is 5.65. The highest BCUT2D eigenvalue weighted by molar-refractivity contribution is 4.90. The number of nitrogens with two attached hydrogens (primary N) is 1. The van der Waals surface area contributed by atoms with Crippen LogP contribution in [0, 0.1) is 0 Å². The molecule has 1 saturated heterocycles. The van der Waals surface area contributed by atoms with Crippen LogP contribution >= 0.6 is 0 Å². The summed E-state index contributed by atoms with van der Waals surface area (Å²) < 4.78 is 11.1. The van der Waals surface area contributed by atoms with Crippen LogP contribution in [-0.2, 0) is 9.47 Å². The van der Waals surface area contributed by atoms with Crippen molar-refractivity contribution in [2.45, 2.75) is 37.5 Å². The molecule has 4 nitrogen and oxygen atoms in total. The molecule has 4 heteroatoms. The Morgan fingerprint density at radius 1 is 1.53 bits per heavy atom. The first-order valence-electron chi connectivity index (χ1n) is 5.93. The minimum Gasteiger partial charge on any atom is -0.379 e. The van der Waals surface area contributed by atoms with Crippen molar-refractivity contribution in [3.63, 3.8) is 0 Å². The summed E-state index contributed by atoms with van der Waals surface area (Å²) in [6.07, 6.45) is 4.43. The number of rotatable bonds is 4. The molecule has 0 aromatic carbocycles. The van der Waals surface area contributed by atoms with Crippen molar-refractivity contribution >= 4 is 0 Å². The van der Waals surface area contributed by atoms with Crippen LogP contribution in [0.1, 0.15) is 19.3 Å². The second-order valence-electron chi connectivity index (χ2n) is 4.50. The van der Waals surface area contributed by atoms with Gasteiger partial charge in [0.05, 0.1) is 18.8 Å². The maximum atomic E-state index is 5.77. The van der Waals surface area contributed by atoms with Crippen LogP contribution in [0.5, 0.6) is 0 Å². The second-order valence-corrected chi connectivity index (χ2v) is 4.50. The number of fused-ring (bicyclic) bond motifs is 1. The largest absolute Gasteiger partial charge is 0.379 e. The van der Waals surface area contributed by atoms with Gasteiger partial charge in [-0.1, -0.05) is 0 Å². The quantitative estimate of drug-likeness (QED) is 0.727. The first kappa shape index (κ1) is 11.3. The van der Waals surface area contributed by atoms with Crippen LogP contribution in [0.25, 0.3) is 0 Å². The maximum absolute atomic E-state index is 5.77. The predicted octanol–water partition coefficient (Wildman–Crippen LogP) is 0.213. The van der Waals surface area contributed by atoms with E-state index in [9.17, 15) is 0 Å². The molecule has 2 rings (SSSR count). The van der Waals surface area contributed by atoms with E-state index in [-0.39, 0.29) is 6.10 Å². The van der Waals surface area contributed by atoms with Gasteiger partial charge < -0.3 is 15.2 Å². The third-order valence-electron chi connectivity index (χ3n) is 3.63. The molecule has 0 radical (unpaired) electrons. The molecule has 0 amide bonds. The molecule has 0 aromatic rings. The molecule has 15 heavy (non-hydrogen) atoms. The molecule has 1 aliphatic carbocycles. The summed E-state index contributed by atoms with van der Waals surface area (Å²) in [6, 6.07) is 0.614. The normalized spacial score (nSPS) is 34.0. The monoisotopic (exact) mass is 214 g/mol. The summed E-state index contributed by atoms with van der Waals surface area (Å²) in [4.78, 5) is 2.50. The Kier molecular flexibility index (Phi) is 3.97. The van der Waals surface area contributed by atoms with Crippen LogP contribution in [-0.4, -0.2) is 56.5 Å². The van der Waals surface area contributed by atoms with Crippen LogP contribution < -0.4 is 5.73 Å². The van der Waals surface area contributed by atoms with Crippen LogP contribution in [0.4, 0.5) is 0 Å². The average molecular weight is 214 g/mol. The van der Waals surface area contributed by atoms with Gasteiger partial charge in [0.15, 0.2) is 0 Å². The van der Waals surface area contributed by atoms with E-state index in [2.05, 4.69) is 4.90 Å². The summed E-state index contributed by atoms with van der Waals surface area (Å²) in [5, 5.41) is 0. The molecule has 0 spiro atoms. The lowest BCUT2D eigenvalue weighted by Crippen LogP contribution is -2.52. The van der Waals surface area contributed by atoms with Gasteiger partial charge in [-0.15, -0.1) is 0 Å². The van der Waals surface area contributed by atoms with Crippen molar-refractivity contribution in [2.75, 3.05) is 33.4 Å². The van der Waals surface area contributed by atoms with E-state index in [0.717, 1.165) is 19.7 Å². The lowest BCUT2D eigenvalue weighted by Gasteiger charge is -2.39.